The molecule has 1 fully saturated rings. The van der Waals surface area contributed by atoms with Crippen LogP contribution in [0.25, 0.3) is 0 Å². The maximum Gasteiger partial charge on any atom is 0.142 e. The SMILES string of the molecule is CCCC(C)[C@@H](c1cccc(F)c1Cl)N1CCNCC1.Cl. The Morgan fingerprint density at radius 1 is 1.33 bits per heavy atom. The van der Waals surface area contributed by atoms with Crippen LogP contribution in [0.2, 0.25) is 5.02 Å². The molecule has 120 valence electrons. The summed E-state index contributed by atoms with van der Waals surface area (Å²) in [7, 11) is 0. The van der Waals surface area contributed by atoms with Crippen LogP contribution in [0.4, 0.5) is 4.39 Å². The highest BCUT2D eigenvalue weighted by atomic mass is 35.5. The van der Waals surface area contributed by atoms with E-state index in [0.717, 1.165) is 44.6 Å². The van der Waals surface area contributed by atoms with Gasteiger partial charge in [-0.3, -0.25) is 4.90 Å². The highest BCUT2D eigenvalue weighted by molar-refractivity contribution is 6.31. The summed E-state index contributed by atoms with van der Waals surface area (Å²) in [5, 5.41) is 3.66. The Labute approximate surface area is 138 Å². The molecule has 0 aliphatic carbocycles. The summed E-state index contributed by atoms with van der Waals surface area (Å²) in [5.41, 5.74) is 0.939. The van der Waals surface area contributed by atoms with Crippen molar-refractivity contribution in [2.24, 2.45) is 5.92 Å². The van der Waals surface area contributed by atoms with E-state index < -0.39 is 0 Å². The van der Waals surface area contributed by atoms with Gasteiger partial charge in [-0.05, 0) is 24.0 Å². The third-order valence-corrected chi connectivity index (χ3v) is 4.53. The number of benzene rings is 1. The fourth-order valence-corrected chi connectivity index (χ4v) is 3.42. The van der Waals surface area contributed by atoms with Gasteiger partial charge in [0.2, 0.25) is 0 Å². The summed E-state index contributed by atoms with van der Waals surface area (Å²) in [5.74, 6) is 0.158. The zero-order valence-corrected chi connectivity index (χ0v) is 14.3. The van der Waals surface area contributed by atoms with E-state index in [0.29, 0.717) is 10.9 Å². The molecule has 1 aromatic carbocycles. The molecule has 0 bridgehead atoms. The number of nitrogens with zero attached hydrogens (tertiary/aromatic N) is 1. The monoisotopic (exact) mass is 334 g/mol. The van der Waals surface area contributed by atoms with Crippen LogP contribution in [0.5, 0.6) is 0 Å². The van der Waals surface area contributed by atoms with Crippen LogP contribution < -0.4 is 5.32 Å². The fourth-order valence-electron chi connectivity index (χ4n) is 3.19. The van der Waals surface area contributed by atoms with Crippen molar-refractivity contribution >= 4 is 24.0 Å². The molecular weight excluding hydrogens is 310 g/mol. The number of nitrogens with one attached hydrogen (secondary N) is 1. The molecule has 1 saturated heterocycles. The number of halogens is 3. The van der Waals surface area contributed by atoms with Gasteiger partial charge in [0.25, 0.3) is 0 Å². The average Bonchev–Trinajstić information content (AvgIpc) is 2.45. The van der Waals surface area contributed by atoms with Crippen LogP contribution in [0.1, 0.15) is 38.3 Å². The third kappa shape index (κ3) is 4.56. The highest BCUT2D eigenvalue weighted by Crippen LogP contribution is 2.36. The van der Waals surface area contributed by atoms with E-state index in [2.05, 4.69) is 24.1 Å². The third-order valence-electron chi connectivity index (χ3n) is 4.13. The van der Waals surface area contributed by atoms with Crippen LogP contribution in [-0.2, 0) is 0 Å². The number of hydrogen-bond acceptors (Lipinski definition) is 2. The summed E-state index contributed by atoms with van der Waals surface area (Å²) < 4.78 is 13.8. The first-order valence-electron chi connectivity index (χ1n) is 7.53. The van der Waals surface area contributed by atoms with Crippen molar-refractivity contribution in [1.29, 1.82) is 0 Å². The molecule has 1 aliphatic heterocycles. The largest absolute Gasteiger partial charge is 0.314 e. The molecule has 5 heteroatoms. The van der Waals surface area contributed by atoms with Crippen molar-refractivity contribution in [2.45, 2.75) is 32.7 Å². The Balaban J connectivity index is 0.00000220. The van der Waals surface area contributed by atoms with Gasteiger partial charge in [0.1, 0.15) is 5.82 Å². The van der Waals surface area contributed by atoms with E-state index in [9.17, 15) is 4.39 Å². The van der Waals surface area contributed by atoms with Gasteiger partial charge in [-0.15, -0.1) is 12.4 Å². The predicted octanol–water partition coefficient (Wildman–Crippen LogP) is 4.28. The molecule has 0 amide bonds. The Morgan fingerprint density at radius 3 is 2.62 bits per heavy atom. The van der Waals surface area contributed by atoms with Crippen LogP contribution in [0.3, 0.4) is 0 Å². The normalized spacial score (nSPS) is 18.9. The lowest BCUT2D eigenvalue weighted by Crippen LogP contribution is -2.46. The summed E-state index contributed by atoms with van der Waals surface area (Å²) in [6, 6.07) is 5.39. The van der Waals surface area contributed by atoms with E-state index in [1.54, 1.807) is 6.07 Å². The van der Waals surface area contributed by atoms with E-state index in [4.69, 9.17) is 11.6 Å². The molecule has 2 rings (SSSR count). The second kappa shape index (κ2) is 8.94. The molecule has 1 unspecified atom stereocenters. The van der Waals surface area contributed by atoms with Crippen molar-refractivity contribution in [3.63, 3.8) is 0 Å². The first-order chi connectivity index (χ1) is 9.65. The summed E-state index contributed by atoms with van der Waals surface area (Å²) in [6.45, 7) is 8.40. The lowest BCUT2D eigenvalue weighted by atomic mass is 9.89. The topological polar surface area (TPSA) is 15.3 Å². The van der Waals surface area contributed by atoms with Crippen LogP contribution in [0.15, 0.2) is 18.2 Å². The molecule has 1 aromatic rings. The Hall–Kier alpha value is -0.350. The quantitative estimate of drug-likeness (QED) is 0.864. The van der Waals surface area contributed by atoms with Crippen LogP contribution in [-0.4, -0.2) is 31.1 Å². The minimum Gasteiger partial charge on any atom is -0.314 e. The average molecular weight is 335 g/mol. The molecule has 2 atom stereocenters. The van der Waals surface area contributed by atoms with Crippen molar-refractivity contribution in [1.82, 2.24) is 10.2 Å². The number of rotatable bonds is 5. The van der Waals surface area contributed by atoms with E-state index in [1.807, 2.05) is 6.07 Å². The Morgan fingerprint density at radius 2 is 2.00 bits per heavy atom. The standard InChI is InChI=1S/C16H24ClFN2.ClH/c1-3-5-12(2)16(20-10-8-19-9-11-20)13-6-4-7-14(18)15(13)17;/h4,6-7,12,16,19H,3,5,8-11H2,1-2H3;1H/t12?,16-;/m0./s1. The van der Waals surface area contributed by atoms with Crippen LogP contribution in [0, 0.1) is 11.7 Å². The van der Waals surface area contributed by atoms with Gasteiger partial charge in [-0.25, -0.2) is 4.39 Å². The van der Waals surface area contributed by atoms with Gasteiger partial charge in [-0.2, -0.15) is 0 Å². The van der Waals surface area contributed by atoms with Gasteiger partial charge < -0.3 is 5.32 Å². The minimum atomic E-state index is -0.312. The van der Waals surface area contributed by atoms with E-state index >= 15 is 0 Å². The number of piperazine rings is 1. The van der Waals surface area contributed by atoms with Gasteiger partial charge >= 0.3 is 0 Å². The van der Waals surface area contributed by atoms with Gasteiger partial charge in [-0.1, -0.05) is 44.0 Å². The van der Waals surface area contributed by atoms with Crippen molar-refractivity contribution in [3.8, 4) is 0 Å². The summed E-state index contributed by atoms with van der Waals surface area (Å²) >= 11 is 6.23. The van der Waals surface area contributed by atoms with Gasteiger partial charge in [0.05, 0.1) is 5.02 Å². The Bertz CT molecular complexity index is 436. The molecule has 0 aromatic heterocycles. The second-order valence-corrected chi connectivity index (χ2v) is 6.02. The summed E-state index contributed by atoms with van der Waals surface area (Å²) in [6.07, 6.45) is 2.26. The minimum absolute atomic E-state index is 0. The lowest BCUT2D eigenvalue weighted by Gasteiger charge is -2.39. The lowest BCUT2D eigenvalue weighted by molar-refractivity contribution is 0.126. The molecular formula is C16H25Cl2FN2. The van der Waals surface area contributed by atoms with Crippen molar-refractivity contribution < 1.29 is 4.39 Å². The Kier molecular flexibility index (Phi) is 7.96. The predicted molar refractivity (Wildman–Crippen MR) is 89.9 cm³/mol. The highest BCUT2D eigenvalue weighted by Gasteiger charge is 2.29. The molecule has 21 heavy (non-hydrogen) atoms. The van der Waals surface area contributed by atoms with E-state index in [1.165, 1.54) is 6.07 Å². The van der Waals surface area contributed by atoms with Gasteiger partial charge in [0.15, 0.2) is 0 Å². The smallest absolute Gasteiger partial charge is 0.142 e. The van der Waals surface area contributed by atoms with Crippen molar-refractivity contribution in [2.75, 3.05) is 26.2 Å². The zero-order valence-electron chi connectivity index (χ0n) is 12.7. The molecule has 2 nitrogen and oxygen atoms in total. The van der Waals surface area contributed by atoms with E-state index in [-0.39, 0.29) is 24.3 Å². The molecule has 0 radical (unpaired) electrons. The first kappa shape index (κ1) is 18.7. The van der Waals surface area contributed by atoms with Crippen molar-refractivity contribution in [3.05, 3.63) is 34.6 Å². The molecule has 0 spiro atoms. The summed E-state index contributed by atoms with van der Waals surface area (Å²) in [4.78, 5) is 2.44. The zero-order chi connectivity index (χ0) is 14.5. The molecule has 1 N–H and O–H groups in total. The van der Waals surface area contributed by atoms with Gasteiger partial charge in [0, 0.05) is 32.2 Å². The second-order valence-electron chi connectivity index (χ2n) is 5.64. The fraction of sp³-hybridized carbons (Fsp3) is 0.625. The maximum atomic E-state index is 13.8. The number of hydrogen-bond donors (Lipinski definition) is 1. The molecule has 1 heterocycles. The molecule has 0 saturated carbocycles. The van der Waals surface area contributed by atoms with Crippen LogP contribution >= 0.6 is 24.0 Å². The first-order valence-corrected chi connectivity index (χ1v) is 7.91. The maximum absolute atomic E-state index is 13.8. The molecule has 1 aliphatic rings.